The zero-order valence-electron chi connectivity index (χ0n) is 10.2. The number of aryl methyl sites for hydroxylation is 1. The van der Waals surface area contributed by atoms with Gasteiger partial charge in [-0.15, -0.1) is 0 Å². The molecule has 0 aliphatic heterocycles. The number of hydrogen-bond donors (Lipinski definition) is 3. The molecule has 4 N–H and O–H groups in total. The van der Waals surface area contributed by atoms with E-state index in [1.54, 1.807) is 12.1 Å². The van der Waals surface area contributed by atoms with E-state index in [9.17, 15) is 0 Å². The second-order valence-corrected chi connectivity index (χ2v) is 3.79. The zero-order valence-corrected chi connectivity index (χ0v) is 10.2. The summed E-state index contributed by atoms with van der Waals surface area (Å²) in [5.74, 6) is 7.44. The van der Waals surface area contributed by atoms with Crippen molar-refractivity contribution in [3.05, 3.63) is 29.9 Å². The van der Waals surface area contributed by atoms with E-state index in [0.29, 0.717) is 18.2 Å². The maximum absolute atomic E-state index is 5.38. The van der Waals surface area contributed by atoms with Crippen molar-refractivity contribution in [1.29, 1.82) is 0 Å². The molecule has 0 unspecified atom stereocenters. The summed E-state index contributed by atoms with van der Waals surface area (Å²) < 4.78 is 4.76. The van der Waals surface area contributed by atoms with Crippen LogP contribution in [0.25, 0.3) is 0 Å². The second-order valence-electron chi connectivity index (χ2n) is 3.79. The van der Waals surface area contributed by atoms with Gasteiger partial charge in [0.1, 0.15) is 29.4 Å². The molecule has 7 nitrogen and oxygen atoms in total. The van der Waals surface area contributed by atoms with E-state index < -0.39 is 0 Å². The Morgan fingerprint density at radius 1 is 1.33 bits per heavy atom. The molecule has 2 heterocycles. The van der Waals surface area contributed by atoms with Crippen LogP contribution in [0.15, 0.2) is 22.9 Å². The summed E-state index contributed by atoms with van der Waals surface area (Å²) in [5.41, 5.74) is 3.35. The number of aromatic nitrogens is 3. The number of anilines is 2. The van der Waals surface area contributed by atoms with Crippen LogP contribution in [0.3, 0.4) is 0 Å². The van der Waals surface area contributed by atoms with Gasteiger partial charge in [-0.25, -0.2) is 15.8 Å². The van der Waals surface area contributed by atoms with Gasteiger partial charge in [-0.1, -0.05) is 12.1 Å². The molecule has 0 saturated carbocycles. The van der Waals surface area contributed by atoms with Gasteiger partial charge in [0.2, 0.25) is 0 Å². The van der Waals surface area contributed by atoms with Crippen molar-refractivity contribution < 1.29 is 4.52 Å². The first-order valence-corrected chi connectivity index (χ1v) is 5.79. The van der Waals surface area contributed by atoms with E-state index in [-0.39, 0.29) is 0 Å². The molecule has 0 saturated heterocycles. The Balaban J connectivity index is 2.08. The maximum Gasteiger partial charge on any atom is 0.145 e. The average molecular weight is 248 g/mol. The Labute approximate surface area is 105 Å². The van der Waals surface area contributed by atoms with Crippen molar-refractivity contribution >= 4 is 11.6 Å². The highest BCUT2D eigenvalue weighted by Crippen LogP contribution is 2.12. The summed E-state index contributed by atoms with van der Waals surface area (Å²) in [6, 6.07) is 3.54. The molecule has 2 rings (SSSR count). The molecule has 2 aromatic rings. The lowest BCUT2D eigenvalue weighted by atomic mass is 10.3. The fraction of sp³-hybridized carbons (Fsp3) is 0.364. The minimum absolute atomic E-state index is 0.545. The highest BCUT2D eigenvalue weighted by atomic mass is 16.5. The van der Waals surface area contributed by atoms with Crippen molar-refractivity contribution in [3.63, 3.8) is 0 Å². The number of nitrogens with two attached hydrogens (primary N) is 1. The Hall–Kier alpha value is -2.15. The van der Waals surface area contributed by atoms with Gasteiger partial charge in [0, 0.05) is 18.6 Å². The third-order valence-electron chi connectivity index (χ3n) is 2.34. The standard InChI is InChI=1S/C11H16N6O/c1-2-3-9-14-10(6-11(15-9)16-12)13-7-8-4-5-18-17-8/h4-6H,2-3,7,12H2,1H3,(H2,13,14,15,16). The van der Waals surface area contributed by atoms with Crippen molar-refractivity contribution in [2.24, 2.45) is 5.84 Å². The molecule has 0 fully saturated rings. The lowest BCUT2D eigenvalue weighted by Crippen LogP contribution is -2.12. The Bertz CT molecular complexity index is 484. The molecule has 0 aliphatic carbocycles. The lowest BCUT2D eigenvalue weighted by molar-refractivity contribution is 0.412. The molecule has 18 heavy (non-hydrogen) atoms. The molecule has 0 amide bonds. The van der Waals surface area contributed by atoms with Crippen LogP contribution in [0, 0.1) is 0 Å². The van der Waals surface area contributed by atoms with Crippen LogP contribution in [-0.4, -0.2) is 15.1 Å². The Kier molecular flexibility index (Phi) is 4.08. The summed E-state index contributed by atoms with van der Waals surface area (Å²) in [5, 5.41) is 6.96. The molecule has 0 spiro atoms. The van der Waals surface area contributed by atoms with E-state index >= 15 is 0 Å². The Morgan fingerprint density at radius 2 is 2.17 bits per heavy atom. The van der Waals surface area contributed by atoms with Crippen LogP contribution in [-0.2, 0) is 13.0 Å². The quantitative estimate of drug-likeness (QED) is 0.523. The van der Waals surface area contributed by atoms with Gasteiger partial charge in [0.15, 0.2) is 0 Å². The lowest BCUT2D eigenvalue weighted by Gasteiger charge is -2.08. The SMILES string of the molecule is CCCc1nc(NN)cc(NCc2ccon2)n1. The average Bonchev–Trinajstić information content (AvgIpc) is 2.89. The van der Waals surface area contributed by atoms with Gasteiger partial charge in [-0.2, -0.15) is 0 Å². The molecular weight excluding hydrogens is 232 g/mol. The molecular formula is C11H16N6O. The summed E-state index contributed by atoms with van der Waals surface area (Å²) in [4.78, 5) is 8.66. The van der Waals surface area contributed by atoms with Gasteiger partial charge in [-0.05, 0) is 6.42 Å². The topological polar surface area (TPSA) is 102 Å². The van der Waals surface area contributed by atoms with Gasteiger partial charge in [0.05, 0.1) is 6.54 Å². The molecule has 7 heteroatoms. The van der Waals surface area contributed by atoms with Crippen LogP contribution in [0.1, 0.15) is 24.9 Å². The first kappa shape index (κ1) is 12.3. The van der Waals surface area contributed by atoms with E-state index in [0.717, 1.165) is 24.4 Å². The van der Waals surface area contributed by atoms with E-state index in [1.165, 1.54) is 6.26 Å². The molecule has 96 valence electrons. The van der Waals surface area contributed by atoms with Crippen LogP contribution in [0.4, 0.5) is 11.6 Å². The number of hydrogen-bond acceptors (Lipinski definition) is 7. The van der Waals surface area contributed by atoms with Gasteiger partial charge in [-0.3, -0.25) is 0 Å². The van der Waals surface area contributed by atoms with Crippen molar-refractivity contribution in [2.45, 2.75) is 26.3 Å². The maximum atomic E-state index is 5.38. The third-order valence-corrected chi connectivity index (χ3v) is 2.34. The largest absolute Gasteiger partial charge is 0.364 e. The number of hydrazine groups is 1. The van der Waals surface area contributed by atoms with Crippen molar-refractivity contribution in [1.82, 2.24) is 15.1 Å². The molecule has 0 atom stereocenters. The summed E-state index contributed by atoms with van der Waals surface area (Å²) in [6.07, 6.45) is 3.33. The zero-order chi connectivity index (χ0) is 12.8. The summed E-state index contributed by atoms with van der Waals surface area (Å²) >= 11 is 0. The minimum atomic E-state index is 0.545. The first-order chi connectivity index (χ1) is 8.81. The number of nitrogens with one attached hydrogen (secondary N) is 2. The van der Waals surface area contributed by atoms with E-state index in [4.69, 9.17) is 10.4 Å². The highest BCUT2D eigenvalue weighted by Gasteiger charge is 2.04. The van der Waals surface area contributed by atoms with Crippen molar-refractivity contribution in [2.75, 3.05) is 10.7 Å². The highest BCUT2D eigenvalue weighted by molar-refractivity contribution is 5.46. The van der Waals surface area contributed by atoms with Gasteiger partial charge in [0.25, 0.3) is 0 Å². The van der Waals surface area contributed by atoms with E-state index in [2.05, 4.69) is 32.8 Å². The predicted octanol–water partition coefficient (Wildman–Crippen LogP) is 1.31. The smallest absolute Gasteiger partial charge is 0.145 e. The summed E-state index contributed by atoms with van der Waals surface area (Å²) in [7, 11) is 0. The minimum Gasteiger partial charge on any atom is -0.364 e. The van der Waals surface area contributed by atoms with E-state index in [1.807, 2.05) is 0 Å². The second kappa shape index (κ2) is 5.97. The predicted molar refractivity (Wildman–Crippen MR) is 67.7 cm³/mol. The molecule has 0 aromatic carbocycles. The molecule has 0 aliphatic rings. The van der Waals surface area contributed by atoms with Gasteiger partial charge >= 0.3 is 0 Å². The molecule has 0 bridgehead atoms. The van der Waals surface area contributed by atoms with Crippen LogP contribution >= 0.6 is 0 Å². The first-order valence-electron chi connectivity index (χ1n) is 5.79. The third kappa shape index (κ3) is 3.17. The van der Waals surface area contributed by atoms with Crippen LogP contribution < -0.4 is 16.6 Å². The Morgan fingerprint density at radius 3 is 2.83 bits per heavy atom. The van der Waals surface area contributed by atoms with Gasteiger partial charge < -0.3 is 15.3 Å². The molecule has 0 radical (unpaired) electrons. The fourth-order valence-corrected chi connectivity index (χ4v) is 1.51. The number of nitrogen functional groups attached to an aromatic ring is 1. The molecule has 2 aromatic heterocycles. The summed E-state index contributed by atoms with van der Waals surface area (Å²) in [6.45, 7) is 2.62. The number of nitrogens with zero attached hydrogens (tertiary/aromatic N) is 3. The van der Waals surface area contributed by atoms with Crippen LogP contribution in [0.2, 0.25) is 0 Å². The van der Waals surface area contributed by atoms with Crippen molar-refractivity contribution in [3.8, 4) is 0 Å². The number of rotatable bonds is 6. The normalized spacial score (nSPS) is 10.3. The fourth-order valence-electron chi connectivity index (χ4n) is 1.51. The van der Waals surface area contributed by atoms with Crippen LogP contribution in [0.5, 0.6) is 0 Å². The monoisotopic (exact) mass is 248 g/mol.